The maximum absolute atomic E-state index is 5.20. The van der Waals surface area contributed by atoms with Gasteiger partial charge in [0.05, 0.1) is 6.61 Å². The Bertz CT molecular complexity index is 345. The highest BCUT2D eigenvalue weighted by atomic mass is 16.5. The summed E-state index contributed by atoms with van der Waals surface area (Å²) in [6.45, 7) is 5.42. The number of hydrogen-bond acceptors (Lipinski definition) is 2. The quantitative estimate of drug-likeness (QED) is 0.863. The summed E-state index contributed by atoms with van der Waals surface area (Å²) in [5.74, 6) is 1.49. The molecule has 1 saturated heterocycles. The lowest BCUT2D eigenvalue weighted by molar-refractivity contribution is 0.184. The first-order chi connectivity index (χ1) is 8.31. The third-order valence-electron chi connectivity index (χ3n) is 3.88. The monoisotopic (exact) mass is 233 g/mol. The minimum Gasteiger partial charge on any atom is -0.380 e. The highest BCUT2D eigenvalue weighted by Crippen LogP contribution is 2.30. The van der Waals surface area contributed by atoms with Crippen LogP contribution in [0.5, 0.6) is 0 Å². The first kappa shape index (κ1) is 12.6. The van der Waals surface area contributed by atoms with Gasteiger partial charge in [0.25, 0.3) is 0 Å². The van der Waals surface area contributed by atoms with E-state index in [9.17, 15) is 0 Å². The van der Waals surface area contributed by atoms with Crippen molar-refractivity contribution in [2.45, 2.75) is 32.3 Å². The first-order valence-electron chi connectivity index (χ1n) is 6.59. The van der Waals surface area contributed by atoms with E-state index in [0.717, 1.165) is 5.92 Å². The maximum atomic E-state index is 5.20. The fourth-order valence-corrected chi connectivity index (χ4v) is 2.75. The molecule has 0 spiro atoms. The average molecular weight is 233 g/mol. The molecule has 0 aliphatic carbocycles. The average Bonchev–Trinajstić information content (AvgIpc) is 2.40. The number of ether oxygens (including phenoxy) is 1. The third kappa shape index (κ3) is 3.30. The Morgan fingerprint density at radius 2 is 2.12 bits per heavy atom. The Balaban J connectivity index is 2.06. The van der Waals surface area contributed by atoms with Crippen molar-refractivity contribution in [1.82, 2.24) is 5.32 Å². The minimum absolute atomic E-state index is 0.661. The van der Waals surface area contributed by atoms with Crippen LogP contribution < -0.4 is 5.32 Å². The fourth-order valence-electron chi connectivity index (χ4n) is 2.75. The van der Waals surface area contributed by atoms with Crippen LogP contribution in [0.4, 0.5) is 0 Å². The van der Waals surface area contributed by atoms with Gasteiger partial charge in [0.1, 0.15) is 0 Å². The zero-order chi connectivity index (χ0) is 12.1. The Labute approximate surface area is 104 Å². The van der Waals surface area contributed by atoms with Crippen molar-refractivity contribution in [3.63, 3.8) is 0 Å². The second-order valence-corrected chi connectivity index (χ2v) is 5.05. The van der Waals surface area contributed by atoms with E-state index in [1.165, 1.54) is 37.1 Å². The molecule has 1 aliphatic heterocycles. The molecule has 2 rings (SSSR count). The fraction of sp³-hybridized carbons (Fsp3) is 0.600. The van der Waals surface area contributed by atoms with Crippen LogP contribution >= 0.6 is 0 Å². The molecule has 1 aromatic carbocycles. The zero-order valence-corrected chi connectivity index (χ0v) is 10.9. The minimum atomic E-state index is 0.661. The van der Waals surface area contributed by atoms with Crippen LogP contribution in [0.3, 0.4) is 0 Å². The van der Waals surface area contributed by atoms with Gasteiger partial charge in [-0.05, 0) is 48.9 Å². The normalized spacial score (nSPS) is 19.2. The van der Waals surface area contributed by atoms with Gasteiger partial charge in [-0.3, -0.25) is 0 Å². The zero-order valence-electron chi connectivity index (χ0n) is 10.9. The molecule has 0 saturated carbocycles. The molecule has 0 radical (unpaired) electrons. The Morgan fingerprint density at radius 3 is 2.82 bits per heavy atom. The van der Waals surface area contributed by atoms with Gasteiger partial charge >= 0.3 is 0 Å². The number of nitrogens with one attached hydrogen (secondary N) is 1. The van der Waals surface area contributed by atoms with Gasteiger partial charge in [-0.1, -0.05) is 31.2 Å². The van der Waals surface area contributed by atoms with E-state index in [4.69, 9.17) is 4.74 Å². The molecule has 1 N–H and O–H groups in total. The lowest BCUT2D eigenvalue weighted by Gasteiger charge is -2.28. The van der Waals surface area contributed by atoms with Gasteiger partial charge in [0, 0.05) is 7.11 Å². The number of methoxy groups -OCH3 is 1. The summed E-state index contributed by atoms with van der Waals surface area (Å²) in [6, 6.07) is 8.85. The molecule has 0 aromatic heterocycles. The van der Waals surface area contributed by atoms with Crippen molar-refractivity contribution in [3.8, 4) is 0 Å². The molecular formula is C15H23NO. The van der Waals surface area contributed by atoms with E-state index in [0.29, 0.717) is 12.5 Å². The highest BCUT2D eigenvalue weighted by molar-refractivity contribution is 5.26. The van der Waals surface area contributed by atoms with Crippen LogP contribution in [0.1, 0.15) is 36.8 Å². The molecule has 1 unspecified atom stereocenters. The largest absolute Gasteiger partial charge is 0.380 e. The van der Waals surface area contributed by atoms with Crippen LogP contribution in [0, 0.1) is 5.92 Å². The molecule has 1 atom stereocenters. The van der Waals surface area contributed by atoms with Gasteiger partial charge in [-0.2, -0.15) is 0 Å². The molecule has 1 aromatic rings. The molecule has 1 fully saturated rings. The summed E-state index contributed by atoms with van der Waals surface area (Å²) in [7, 11) is 1.75. The van der Waals surface area contributed by atoms with Gasteiger partial charge in [0.2, 0.25) is 0 Å². The maximum Gasteiger partial charge on any atom is 0.0713 e. The van der Waals surface area contributed by atoms with Crippen LogP contribution in [0.2, 0.25) is 0 Å². The lowest BCUT2D eigenvalue weighted by atomic mass is 9.81. The summed E-state index contributed by atoms with van der Waals surface area (Å²) in [6.07, 6.45) is 2.60. The highest BCUT2D eigenvalue weighted by Gasteiger charge is 2.21. The predicted molar refractivity (Wildman–Crippen MR) is 71.2 cm³/mol. The van der Waals surface area contributed by atoms with Crippen molar-refractivity contribution < 1.29 is 4.74 Å². The number of benzene rings is 1. The van der Waals surface area contributed by atoms with Crippen molar-refractivity contribution in [3.05, 3.63) is 35.4 Å². The Kier molecular flexibility index (Phi) is 4.57. The van der Waals surface area contributed by atoms with Crippen molar-refractivity contribution in [2.75, 3.05) is 20.2 Å². The Morgan fingerprint density at radius 1 is 1.35 bits per heavy atom. The van der Waals surface area contributed by atoms with Crippen LogP contribution in [0.25, 0.3) is 0 Å². The van der Waals surface area contributed by atoms with Gasteiger partial charge < -0.3 is 10.1 Å². The SMILES string of the molecule is COCc1cccc(C(C)C2CCNCC2)c1. The van der Waals surface area contributed by atoms with E-state index in [1.807, 2.05) is 0 Å². The van der Waals surface area contributed by atoms with E-state index in [-0.39, 0.29) is 0 Å². The van der Waals surface area contributed by atoms with Crippen molar-refractivity contribution in [1.29, 1.82) is 0 Å². The Hall–Kier alpha value is -0.860. The molecule has 2 nitrogen and oxygen atoms in total. The van der Waals surface area contributed by atoms with Crippen molar-refractivity contribution in [2.24, 2.45) is 5.92 Å². The first-order valence-corrected chi connectivity index (χ1v) is 6.59. The summed E-state index contributed by atoms with van der Waals surface area (Å²) in [5, 5.41) is 3.43. The van der Waals surface area contributed by atoms with Gasteiger partial charge in [-0.25, -0.2) is 0 Å². The molecule has 2 heteroatoms. The van der Waals surface area contributed by atoms with Crippen LogP contribution in [-0.4, -0.2) is 20.2 Å². The summed E-state index contributed by atoms with van der Waals surface area (Å²) < 4.78 is 5.20. The van der Waals surface area contributed by atoms with Gasteiger partial charge in [-0.15, -0.1) is 0 Å². The van der Waals surface area contributed by atoms with E-state index in [2.05, 4.69) is 36.5 Å². The summed E-state index contributed by atoms with van der Waals surface area (Å²) in [5.41, 5.74) is 2.75. The van der Waals surface area contributed by atoms with Crippen LogP contribution in [0.15, 0.2) is 24.3 Å². The summed E-state index contributed by atoms with van der Waals surface area (Å²) in [4.78, 5) is 0. The summed E-state index contributed by atoms with van der Waals surface area (Å²) >= 11 is 0. The third-order valence-corrected chi connectivity index (χ3v) is 3.88. The molecule has 1 heterocycles. The van der Waals surface area contributed by atoms with Crippen LogP contribution in [-0.2, 0) is 11.3 Å². The second-order valence-electron chi connectivity index (χ2n) is 5.05. The number of piperidine rings is 1. The second kappa shape index (κ2) is 6.18. The molecule has 94 valence electrons. The smallest absolute Gasteiger partial charge is 0.0713 e. The van der Waals surface area contributed by atoms with E-state index in [1.54, 1.807) is 7.11 Å². The molecule has 0 bridgehead atoms. The van der Waals surface area contributed by atoms with E-state index >= 15 is 0 Å². The molecule has 17 heavy (non-hydrogen) atoms. The lowest BCUT2D eigenvalue weighted by Crippen LogP contribution is -2.30. The standard InChI is InChI=1S/C15H23NO/c1-12(14-6-8-16-9-7-14)15-5-3-4-13(10-15)11-17-2/h3-5,10,12,14,16H,6-9,11H2,1-2H3. The number of rotatable bonds is 4. The van der Waals surface area contributed by atoms with Crippen molar-refractivity contribution >= 4 is 0 Å². The topological polar surface area (TPSA) is 21.3 Å². The molecule has 0 amide bonds. The van der Waals surface area contributed by atoms with Gasteiger partial charge in [0.15, 0.2) is 0 Å². The molecule has 1 aliphatic rings. The van der Waals surface area contributed by atoms with E-state index < -0.39 is 0 Å². The number of hydrogen-bond donors (Lipinski definition) is 1. The molecular weight excluding hydrogens is 210 g/mol. The predicted octanol–water partition coefficient (Wildman–Crippen LogP) is 2.94.